The Morgan fingerprint density at radius 3 is 2.32 bits per heavy atom. The third kappa shape index (κ3) is 4.49. The van der Waals surface area contributed by atoms with Crippen LogP contribution in [0.5, 0.6) is 5.75 Å². The van der Waals surface area contributed by atoms with Gasteiger partial charge in [0.1, 0.15) is 36.8 Å². The van der Waals surface area contributed by atoms with E-state index in [1.165, 1.54) is 0 Å². The third-order valence-corrected chi connectivity index (χ3v) is 4.44. The molecule has 0 bridgehead atoms. The number of para-hydroxylation sites is 1. The fraction of sp³-hybridized carbons (Fsp3) is 0.350. The second-order valence-corrected chi connectivity index (χ2v) is 6.36. The molecule has 2 aromatic rings. The Morgan fingerprint density at radius 2 is 1.61 bits per heavy atom. The number of aliphatic hydroxyl groups is 4. The van der Waals surface area contributed by atoms with Crippen molar-refractivity contribution in [2.75, 3.05) is 6.61 Å². The highest BCUT2D eigenvalue weighted by Gasteiger charge is 2.45. The van der Waals surface area contributed by atoms with Crippen molar-refractivity contribution in [3.8, 4) is 5.75 Å². The van der Waals surface area contributed by atoms with E-state index in [2.05, 4.69) is 0 Å². The van der Waals surface area contributed by atoms with E-state index < -0.39 is 36.7 Å². The summed E-state index contributed by atoms with van der Waals surface area (Å²) in [4.78, 5) is 12.1. The lowest BCUT2D eigenvalue weighted by Gasteiger charge is -2.40. The van der Waals surface area contributed by atoms with Crippen molar-refractivity contribution in [3.05, 3.63) is 65.7 Å². The first-order valence-electron chi connectivity index (χ1n) is 8.78. The molecule has 0 unspecified atom stereocenters. The van der Waals surface area contributed by atoms with E-state index in [0.717, 1.165) is 0 Å². The Kier molecular flexibility index (Phi) is 6.61. The fourth-order valence-corrected chi connectivity index (χ4v) is 2.84. The molecule has 3 rings (SSSR count). The molecule has 0 aromatic heterocycles. The summed E-state index contributed by atoms with van der Waals surface area (Å²) >= 11 is 0. The fourth-order valence-electron chi connectivity index (χ4n) is 2.84. The van der Waals surface area contributed by atoms with E-state index in [1.54, 1.807) is 54.6 Å². The number of esters is 1. The number of ether oxygens (including phenoxy) is 3. The number of benzene rings is 2. The van der Waals surface area contributed by atoms with Gasteiger partial charge in [0.2, 0.25) is 6.29 Å². The van der Waals surface area contributed by atoms with Gasteiger partial charge in [-0.2, -0.15) is 0 Å². The lowest BCUT2D eigenvalue weighted by atomic mass is 9.99. The van der Waals surface area contributed by atoms with Crippen molar-refractivity contribution in [1.82, 2.24) is 0 Å². The molecular formula is C20H22O8. The SMILES string of the molecule is O=C(OC[C@H]1O[C@@H](Oc2ccccc2CO)[C@@H](O)[C@@H](O)[C@H]1O)c1ccccc1. The van der Waals surface area contributed by atoms with Crippen LogP contribution in [0.15, 0.2) is 54.6 Å². The number of carbonyl (C=O) groups is 1. The summed E-state index contributed by atoms with van der Waals surface area (Å²) in [6.07, 6.45) is -7.03. The number of hydrogen-bond donors (Lipinski definition) is 4. The van der Waals surface area contributed by atoms with Gasteiger partial charge >= 0.3 is 5.97 Å². The van der Waals surface area contributed by atoms with Crippen molar-refractivity contribution in [1.29, 1.82) is 0 Å². The lowest BCUT2D eigenvalue weighted by molar-refractivity contribution is -0.277. The maximum atomic E-state index is 12.1. The molecule has 0 saturated carbocycles. The number of carbonyl (C=O) groups excluding carboxylic acids is 1. The van der Waals surface area contributed by atoms with E-state index in [1.807, 2.05) is 0 Å². The quantitative estimate of drug-likeness (QED) is 0.516. The number of rotatable bonds is 6. The molecule has 0 aliphatic carbocycles. The Hall–Kier alpha value is -2.49. The minimum Gasteiger partial charge on any atom is -0.462 e. The minimum atomic E-state index is -1.57. The maximum absolute atomic E-state index is 12.1. The number of hydrogen-bond acceptors (Lipinski definition) is 8. The lowest BCUT2D eigenvalue weighted by Crippen LogP contribution is -2.60. The van der Waals surface area contributed by atoms with Crippen molar-refractivity contribution in [2.45, 2.75) is 37.3 Å². The van der Waals surface area contributed by atoms with Crippen LogP contribution < -0.4 is 4.74 Å². The Morgan fingerprint density at radius 1 is 0.929 bits per heavy atom. The van der Waals surface area contributed by atoms with Gasteiger partial charge in [-0.05, 0) is 18.2 Å². The van der Waals surface area contributed by atoms with Gasteiger partial charge < -0.3 is 34.6 Å². The molecule has 2 aromatic carbocycles. The molecule has 28 heavy (non-hydrogen) atoms. The zero-order chi connectivity index (χ0) is 20.1. The van der Waals surface area contributed by atoms with E-state index in [0.29, 0.717) is 11.1 Å². The first-order chi connectivity index (χ1) is 13.5. The Labute approximate surface area is 161 Å². The van der Waals surface area contributed by atoms with Crippen LogP contribution >= 0.6 is 0 Å². The molecule has 0 amide bonds. The average Bonchev–Trinajstić information content (AvgIpc) is 2.74. The van der Waals surface area contributed by atoms with Gasteiger partial charge in [0.05, 0.1) is 12.2 Å². The summed E-state index contributed by atoms with van der Waals surface area (Å²) in [5.41, 5.74) is 0.795. The molecule has 1 fully saturated rings. The predicted octanol–water partition coefficient (Wildman–Crippen LogP) is 0.222. The zero-order valence-corrected chi connectivity index (χ0v) is 14.9. The van der Waals surface area contributed by atoms with Crippen LogP contribution in [0.25, 0.3) is 0 Å². The summed E-state index contributed by atoms with van der Waals surface area (Å²) in [5, 5.41) is 39.8. The highest BCUT2D eigenvalue weighted by atomic mass is 16.7. The van der Waals surface area contributed by atoms with Crippen molar-refractivity contribution < 1.29 is 39.4 Å². The predicted molar refractivity (Wildman–Crippen MR) is 96.4 cm³/mol. The summed E-state index contributed by atoms with van der Waals surface area (Å²) in [6.45, 7) is -0.636. The van der Waals surface area contributed by atoms with E-state index in [4.69, 9.17) is 14.2 Å². The van der Waals surface area contributed by atoms with Gasteiger partial charge in [-0.3, -0.25) is 0 Å². The minimum absolute atomic E-state index is 0.262. The molecular weight excluding hydrogens is 368 g/mol. The van der Waals surface area contributed by atoms with Gasteiger partial charge in [-0.1, -0.05) is 36.4 Å². The third-order valence-electron chi connectivity index (χ3n) is 4.44. The molecule has 5 atom stereocenters. The molecule has 0 radical (unpaired) electrons. The molecule has 1 heterocycles. The molecule has 8 heteroatoms. The van der Waals surface area contributed by atoms with Crippen molar-refractivity contribution in [2.24, 2.45) is 0 Å². The first kappa shape index (κ1) is 20.2. The average molecular weight is 390 g/mol. The molecule has 1 aliphatic rings. The van der Waals surface area contributed by atoms with Crippen LogP contribution in [-0.2, 0) is 16.1 Å². The van der Waals surface area contributed by atoms with Crippen molar-refractivity contribution in [3.63, 3.8) is 0 Å². The van der Waals surface area contributed by atoms with Crippen molar-refractivity contribution >= 4 is 5.97 Å². The second kappa shape index (κ2) is 9.13. The zero-order valence-electron chi connectivity index (χ0n) is 14.9. The first-order valence-corrected chi connectivity index (χ1v) is 8.78. The van der Waals surface area contributed by atoms with Crippen LogP contribution in [0.3, 0.4) is 0 Å². The van der Waals surface area contributed by atoms with Gasteiger partial charge in [0, 0.05) is 5.56 Å². The van der Waals surface area contributed by atoms with Crippen LogP contribution in [-0.4, -0.2) is 63.7 Å². The largest absolute Gasteiger partial charge is 0.462 e. The van der Waals surface area contributed by atoms with Gasteiger partial charge in [-0.25, -0.2) is 4.79 Å². The summed E-state index contributed by atoms with van der Waals surface area (Å²) in [6, 6.07) is 14.9. The van der Waals surface area contributed by atoms with E-state index in [9.17, 15) is 25.2 Å². The summed E-state index contributed by atoms with van der Waals surface area (Å²) in [5.74, 6) is -0.349. The summed E-state index contributed by atoms with van der Waals surface area (Å²) in [7, 11) is 0. The topological polar surface area (TPSA) is 126 Å². The second-order valence-electron chi connectivity index (χ2n) is 6.36. The molecule has 150 valence electrons. The van der Waals surface area contributed by atoms with Crippen LogP contribution in [0.2, 0.25) is 0 Å². The Bertz CT molecular complexity index is 781. The van der Waals surface area contributed by atoms with Gasteiger partial charge in [-0.15, -0.1) is 0 Å². The summed E-state index contributed by atoms with van der Waals surface area (Å²) < 4.78 is 16.3. The highest BCUT2D eigenvalue weighted by molar-refractivity contribution is 5.89. The Balaban J connectivity index is 1.67. The molecule has 8 nitrogen and oxygen atoms in total. The standard InChI is InChI=1S/C20H22O8/c21-10-13-8-4-5-9-14(13)27-20-18(24)17(23)16(22)15(28-20)11-26-19(25)12-6-2-1-3-7-12/h1-9,15-18,20-24H,10-11H2/t15-,16+,17+,18+,20-/m1/s1. The van der Waals surface area contributed by atoms with Gasteiger partial charge in [0.25, 0.3) is 0 Å². The van der Waals surface area contributed by atoms with Gasteiger partial charge in [0.15, 0.2) is 0 Å². The smallest absolute Gasteiger partial charge is 0.338 e. The molecule has 1 aliphatic heterocycles. The van der Waals surface area contributed by atoms with Crippen LogP contribution in [0.1, 0.15) is 15.9 Å². The number of aliphatic hydroxyl groups excluding tert-OH is 4. The van der Waals surface area contributed by atoms with Crippen LogP contribution in [0, 0.1) is 0 Å². The van der Waals surface area contributed by atoms with E-state index in [-0.39, 0.29) is 19.0 Å². The monoisotopic (exact) mass is 390 g/mol. The molecule has 0 spiro atoms. The normalized spacial score (nSPS) is 27.2. The molecule has 1 saturated heterocycles. The molecule has 4 N–H and O–H groups in total. The van der Waals surface area contributed by atoms with Crippen LogP contribution in [0.4, 0.5) is 0 Å². The highest BCUT2D eigenvalue weighted by Crippen LogP contribution is 2.27. The van der Waals surface area contributed by atoms with E-state index >= 15 is 0 Å². The maximum Gasteiger partial charge on any atom is 0.338 e.